The zero-order chi connectivity index (χ0) is 18.4. The Labute approximate surface area is 153 Å². The number of ether oxygens (including phenoxy) is 2. The maximum atomic E-state index is 12.9. The van der Waals surface area contributed by atoms with Gasteiger partial charge in [-0.3, -0.25) is 9.59 Å². The first-order valence-electron chi connectivity index (χ1n) is 8.69. The molecule has 6 nitrogen and oxygen atoms in total. The van der Waals surface area contributed by atoms with E-state index < -0.39 is 11.9 Å². The van der Waals surface area contributed by atoms with Crippen molar-refractivity contribution in [1.82, 2.24) is 4.90 Å². The minimum atomic E-state index is -0.577. The molecule has 1 aromatic rings. The first kappa shape index (κ1) is 19.4. The maximum Gasteiger partial charge on any atom is 0.254 e. The second-order valence-electron chi connectivity index (χ2n) is 5.98. The second kappa shape index (κ2) is 8.94. The predicted octanol–water partition coefficient (Wildman–Crippen LogP) is 3.01. The number of carbonyl (C=O) groups excluding carboxylic acids is 2. The summed E-state index contributed by atoms with van der Waals surface area (Å²) in [5.74, 6) is 0.118. The summed E-state index contributed by atoms with van der Waals surface area (Å²) in [6, 6.07) is 2.60. The van der Waals surface area contributed by atoms with Gasteiger partial charge in [0, 0.05) is 12.1 Å². The van der Waals surface area contributed by atoms with Crippen molar-refractivity contribution >= 4 is 23.4 Å². The number of halogens is 1. The highest BCUT2D eigenvalue weighted by Crippen LogP contribution is 2.37. The lowest BCUT2D eigenvalue weighted by Crippen LogP contribution is -2.50. The van der Waals surface area contributed by atoms with E-state index in [2.05, 4.69) is 0 Å². The van der Waals surface area contributed by atoms with Crippen LogP contribution < -0.4 is 15.2 Å². The maximum absolute atomic E-state index is 12.9. The first-order chi connectivity index (χ1) is 12.0. The number of nitrogens with zero attached hydrogens (tertiary/aromatic N) is 1. The Kier molecular flexibility index (Phi) is 6.93. The van der Waals surface area contributed by atoms with Gasteiger partial charge in [-0.25, -0.2) is 0 Å². The summed E-state index contributed by atoms with van der Waals surface area (Å²) in [4.78, 5) is 26.1. The normalized spacial score (nSPS) is 17.2. The fourth-order valence-corrected chi connectivity index (χ4v) is 3.20. The smallest absolute Gasteiger partial charge is 0.254 e. The molecule has 1 atom stereocenters. The molecule has 2 N–H and O–H groups in total. The number of likely N-dealkylation sites (tertiary alicyclic amines) is 1. The van der Waals surface area contributed by atoms with Crippen LogP contribution in [0.25, 0.3) is 0 Å². The van der Waals surface area contributed by atoms with Crippen LogP contribution in [0.3, 0.4) is 0 Å². The Balaban J connectivity index is 2.34. The van der Waals surface area contributed by atoms with Gasteiger partial charge in [0.05, 0.1) is 18.2 Å². The molecule has 7 heteroatoms. The van der Waals surface area contributed by atoms with E-state index in [1.54, 1.807) is 12.1 Å². The van der Waals surface area contributed by atoms with Gasteiger partial charge in [0.15, 0.2) is 11.5 Å². The molecule has 0 spiro atoms. The number of hydrogen-bond donors (Lipinski definition) is 1. The van der Waals surface area contributed by atoms with Gasteiger partial charge in [0.25, 0.3) is 5.91 Å². The number of rotatable bonds is 7. The van der Waals surface area contributed by atoms with Gasteiger partial charge in [0.2, 0.25) is 5.91 Å². The van der Waals surface area contributed by atoms with Gasteiger partial charge in [-0.05, 0) is 44.7 Å². The topological polar surface area (TPSA) is 81.9 Å². The molecular weight excluding hydrogens is 344 g/mol. The zero-order valence-corrected chi connectivity index (χ0v) is 15.5. The van der Waals surface area contributed by atoms with Crippen LogP contribution in [0.4, 0.5) is 0 Å². The van der Waals surface area contributed by atoms with Crippen molar-refractivity contribution in [3.8, 4) is 11.5 Å². The fraction of sp³-hybridized carbons (Fsp3) is 0.556. The van der Waals surface area contributed by atoms with E-state index >= 15 is 0 Å². The molecule has 1 fully saturated rings. The van der Waals surface area contributed by atoms with Crippen molar-refractivity contribution in [2.45, 2.75) is 45.6 Å². The molecule has 0 radical (unpaired) electrons. The molecule has 0 aromatic heterocycles. The molecule has 2 rings (SSSR count). The SMILES string of the molecule is CCCOc1c(Cl)cc(C(=O)N2CCCCC2C(N)=O)cc1OCC. The lowest BCUT2D eigenvalue weighted by molar-refractivity contribution is -0.123. The van der Waals surface area contributed by atoms with Crippen LogP contribution >= 0.6 is 11.6 Å². The Bertz CT molecular complexity index is 636. The number of piperidine rings is 1. The fourth-order valence-electron chi connectivity index (χ4n) is 2.93. The summed E-state index contributed by atoms with van der Waals surface area (Å²) in [6.07, 6.45) is 3.15. The molecule has 1 unspecified atom stereocenters. The van der Waals surface area contributed by atoms with Crippen LogP contribution in [0.2, 0.25) is 5.02 Å². The molecule has 1 aromatic carbocycles. The van der Waals surface area contributed by atoms with Crippen molar-refractivity contribution in [2.75, 3.05) is 19.8 Å². The molecule has 0 aliphatic carbocycles. The number of nitrogens with two attached hydrogens (primary N) is 1. The third-order valence-electron chi connectivity index (χ3n) is 4.10. The van der Waals surface area contributed by atoms with Gasteiger partial charge < -0.3 is 20.1 Å². The highest BCUT2D eigenvalue weighted by Gasteiger charge is 2.32. The van der Waals surface area contributed by atoms with Crippen LogP contribution in [0.1, 0.15) is 49.9 Å². The van der Waals surface area contributed by atoms with Crippen LogP contribution in [-0.2, 0) is 4.79 Å². The minimum Gasteiger partial charge on any atom is -0.490 e. The van der Waals surface area contributed by atoms with Crippen molar-refractivity contribution in [3.05, 3.63) is 22.7 Å². The van der Waals surface area contributed by atoms with Crippen molar-refractivity contribution < 1.29 is 19.1 Å². The molecular formula is C18H25ClN2O4. The van der Waals surface area contributed by atoms with Gasteiger partial charge in [0.1, 0.15) is 6.04 Å². The molecule has 2 amide bonds. The molecule has 1 aliphatic heterocycles. The van der Waals surface area contributed by atoms with E-state index in [1.165, 1.54) is 4.90 Å². The van der Waals surface area contributed by atoms with E-state index in [1.807, 2.05) is 13.8 Å². The Hall–Kier alpha value is -1.95. The average Bonchev–Trinajstić information content (AvgIpc) is 2.60. The van der Waals surface area contributed by atoms with Crippen LogP contribution in [-0.4, -0.2) is 42.5 Å². The molecule has 1 saturated heterocycles. The summed E-state index contributed by atoms with van der Waals surface area (Å²) in [7, 11) is 0. The first-order valence-corrected chi connectivity index (χ1v) is 9.06. The largest absolute Gasteiger partial charge is 0.490 e. The third kappa shape index (κ3) is 4.57. The Morgan fingerprint density at radius 3 is 2.68 bits per heavy atom. The Morgan fingerprint density at radius 2 is 2.04 bits per heavy atom. The lowest BCUT2D eigenvalue weighted by Gasteiger charge is -2.33. The highest BCUT2D eigenvalue weighted by atomic mass is 35.5. The van der Waals surface area contributed by atoms with Gasteiger partial charge in [-0.1, -0.05) is 18.5 Å². The molecule has 0 bridgehead atoms. The lowest BCUT2D eigenvalue weighted by atomic mass is 10.00. The number of primary amides is 1. The van der Waals surface area contributed by atoms with Crippen molar-refractivity contribution in [2.24, 2.45) is 5.73 Å². The standard InChI is InChI=1S/C18H25ClN2O4/c1-3-9-25-16-13(19)10-12(11-15(16)24-4-2)18(23)21-8-6-5-7-14(21)17(20)22/h10-11,14H,3-9H2,1-2H3,(H2,20,22). The summed E-state index contributed by atoms with van der Waals surface area (Å²) >= 11 is 6.32. The number of benzene rings is 1. The molecule has 1 aliphatic rings. The van der Waals surface area contributed by atoms with Crippen molar-refractivity contribution in [1.29, 1.82) is 0 Å². The van der Waals surface area contributed by atoms with E-state index in [0.717, 1.165) is 19.3 Å². The van der Waals surface area contributed by atoms with E-state index in [0.29, 0.717) is 48.3 Å². The summed E-state index contributed by atoms with van der Waals surface area (Å²) in [5, 5.41) is 0.315. The summed E-state index contributed by atoms with van der Waals surface area (Å²) in [6.45, 7) is 5.27. The van der Waals surface area contributed by atoms with Crippen molar-refractivity contribution in [3.63, 3.8) is 0 Å². The van der Waals surface area contributed by atoms with E-state index in [4.69, 9.17) is 26.8 Å². The molecule has 25 heavy (non-hydrogen) atoms. The zero-order valence-electron chi connectivity index (χ0n) is 14.7. The summed E-state index contributed by atoms with van der Waals surface area (Å²) in [5.41, 5.74) is 5.82. The molecule has 0 saturated carbocycles. The average molecular weight is 369 g/mol. The van der Waals surface area contributed by atoms with Gasteiger partial charge in [-0.2, -0.15) is 0 Å². The Morgan fingerprint density at radius 1 is 1.28 bits per heavy atom. The molecule has 138 valence electrons. The highest BCUT2D eigenvalue weighted by molar-refractivity contribution is 6.32. The second-order valence-corrected chi connectivity index (χ2v) is 6.39. The van der Waals surface area contributed by atoms with Crippen LogP contribution in [0.15, 0.2) is 12.1 Å². The van der Waals surface area contributed by atoms with E-state index in [-0.39, 0.29) is 5.91 Å². The molecule has 1 heterocycles. The van der Waals surface area contributed by atoms with Gasteiger partial charge in [-0.15, -0.1) is 0 Å². The predicted molar refractivity (Wildman–Crippen MR) is 96.3 cm³/mol. The third-order valence-corrected chi connectivity index (χ3v) is 4.38. The number of hydrogen-bond acceptors (Lipinski definition) is 4. The van der Waals surface area contributed by atoms with Crippen LogP contribution in [0, 0.1) is 0 Å². The van der Waals surface area contributed by atoms with E-state index in [9.17, 15) is 9.59 Å². The van der Waals surface area contributed by atoms with Gasteiger partial charge >= 0.3 is 0 Å². The quantitative estimate of drug-likeness (QED) is 0.802. The van der Waals surface area contributed by atoms with Crippen LogP contribution in [0.5, 0.6) is 11.5 Å². The minimum absolute atomic E-state index is 0.270. The number of carbonyl (C=O) groups is 2. The number of amides is 2. The summed E-state index contributed by atoms with van der Waals surface area (Å²) < 4.78 is 11.2. The monoisotopic (exact) mass is 368 g/mol.